The van der Waals surface area contributed by atoms with Crippen molar-refractivity contribution < 1.29 is 21.6 Å². The predicted octanol–water partition coefficient (Wildman–Crippen LogP) is 2.96. The van der Waals surface area contributed by atoms with E-state index in [9.17, 15) is 21.6 Å². The Morgan fingerprint density at radius 3 is 2.37 bits per heavy atom. The molecule has 0 saturated carbocycles. The highest BCUT2D eigenvalue weighted by Gasteiger charge is 2.23. The van der Waals surface area contributed by atoms with Gasteiger partial charge in [-0.2, -0.15) is 0 Å². The minimum absolute atomic E-state index is 0.140. The van der Waals surface area contributed by atoms with E-state index in [1.807, 2.05) is 6.92 Å². The molecule has 108 valence electrons. The number of benzene rings is 1. The van der Waals surface area contributed by atoms with Gasteiger partial charge in [0.1, 0.15) is 4.90 Å². The summed E-state index contributed by atoms with van der Waals surface area (Å²) < 4.78 is 64.6. The maximum atomic E-state index is 13.4. The zero-order valence-electron chi connectivity index (χ0n) is 10.5. The lowest BCUT2D eigenvalue weighted by Crippen LogP contribution is -2.26. The zero-order chi connectivity index (χ0) is 14.5. The average Bonchev–Trinajstić information content (AvgIpc) is 2.35. The molecule has 0 unspecified atom stereocenters. The summed E-state index contributed by atoms with van der Waals surface area (Å²) >= 11 is 0. The number of hydrogen-bond acceptors (Lipinski definition) is 2. The number of rotatable bonds is 7. The van der Waals surface area contributed by atoms with Gasteiger partial charge in [-0.3, -0.25) is 0 Å². The van der Waals surface area contributed by atoms with Crippen molar-refractivity contribution in [2.45, 2.75) is 37.5 Å². The third-order valence-corrected chi connectivity index (χ3v) is 4.09. The van der Waals surface area contributed by atoms with Gasteiger partial charge >= 0.3 is 0 Å². The Labute approximate surface area is 110 Å². The molecule has 0 aromatic heterocycles. The summed E-state index contributed by atoms with van der Waals surface area (Å²) in [6.07, 6.45) is 3.43. The van der Waals surface area contributed by atoms with Gasteiger partial charge in [-0.25, -0.2) is 26.3 Å². The number of sulfonamides is 1. The summed E-state index contributed by atoms with van der Waals surface area (Å²) in [5.74, 6) is -4.89. The fraction of sp³-hybridized carbons (Fsp3) is 0.500. The molecule has 0 aliphatic heterocycles. The lowest BCUT2D eigenvalue weighted by atomic mass is 10.2. The van der Waals surface area contributed by atoms with Gasteiger partial charge in [-0.1, -0.05) is 26.2 Å². The standard InChI is InChI=1S/C12H16F3NO2S/c1-2-3-4-5-8-16-19(17,18)10-7-6-9(13)11(14)12(10)15/h6-7,16H,2-5,8H2,1H3. The molecule has 0 spiro atoms. The van der Waals surface area contributed by atoms with E-state index in [2.05, 4.69) is 4.72 Å². The quantitative estimate of drug-likeness (QED) is 0.621. The van der Waals surface area contributed by atoms with E-state index in [1.165, 1.54) is 0 Å². The van der Waals surface area contributed by atoms with Gasteiger partial charge in [0.2, 0.25) is 10.0 Å². The minimum atomic E-state index is -4.15. The summed E-state index contributed by atoms with van der Waals surface area (Å²) in [5, 5.41) is 0. The van der Waals surface area contributed by atoms with E-state index in [0.29, 0.717) is 18.6 Å². The molecule has 3 nitrogen and oxygen atoms in total. The van der Waals surface area contributed by atoms with Crippen molar-refractivity contribution in [1.29, 1.82) is 0 Å². The van der Waals surface area contributed by atoms with Crippen molar-refractivity contribution in [1.82, 2.24) is 4.72 Å². The molecule has 0 aliphatic carbocycles. The van der Waals surface area contributed by atoms with Gasteiger partial charge in [-0.05, 0) is 18.6 Å². The molecule has 0 amide bonds. The van der Waals surface area contributed by atoms with Gasteiger partial charge in [-0.15, -0.1) is 0 Å². The number of unbranched alkanes of at least 4 members (excludes halogenated alkanes) is 3. The van der Waals surface area contributed by atoms with Crippen molar-refractivity contribution in [2.24, 2.45) is 0 Å². The number of nitrogens with one attached hydrogen (secondary N) is 1. The van der Waals surface area contributed by atoms with Crippen molar-refractivity contribution in [3.05, 3.63) is 29.6 Å². The molecule has 0 saturated heterocycles. The summed E-state index contributed by atoms with van der Waals surface area (Å²) in [5.41, 5.74) is 0. The Hall–Kier alpha value is -1.08. The smallest absolute Gasteiger partial charge is 0.211 e. The lowest BCUT2D eigenvalue weighted by Gasteiger charge is -2.08. The van der Waals surface area contributed by atoms with Crippen molar-refractivity contribution >= 4 is 10.0 Å². The van der Waals surface area contributed by atoms with Crippen molar-refractivity contribution in [3.8, 4) is 0 Å². The van der Waals surface area contributed by atoms with Crippen LogP contribution in [0.2, 0.25) is 0 Å². The summed E-state index contributed by atoms with van der Waals surface area (Å²) in [4.78, 5) is -0.873. The average molecular weight is 295 g/mol. The molecule has 0 atom stereocenters. The van der Waals surface area contributed by atoms with Crippen LogP contribution < -0.4 is 4.72 Å². The maximum absolute atomic E-state index is 13.4. The second-order valence-corrected chi connectivity index (χ2v) is 5.87. The third kappa shape index (κ3) is 4.21. The largest absolute Gasteiger partial charge is 0.243 e. The fourth-order valence-electron chi connectivity index (χ4n) is 1.55. The highest BCUT2D eigenvalue weighted by atomic mass is 32.2. The van der Waals surface area contributed by atoms with E-state index >= 15 is 0 Å². The first-order chi connectivity index (χ1) is 8.90. The van der Waals surface area contributed by atoms with Crippen LogP contribution in [-0.4, -0.2) is 15.0 Å². The van der Waals surface area contributed by atoms with Crippen molar-refractivity contribution in [2.75, 3.05) is 6.54 Å². The molecule has 1 N–H and O–H groups in total. The second kappa shape index (κ2) is 6.91. The number of halogens is 3. The molecule has 1 aromatic rings. The molecule has 0 heterocycles. The highest BCUT2D eigenvalue weighted by Crippen LogP contribution is 2.19. The van der Waals surface area contributed by atoms with Crippen LogP contribution in [0.5, 0.6) is 0 Å². The van der Waals surface area contributed by atoms with E-state index in [4.69, 9.17) is 0 Å². The fourth-order valence-corrected chi connectivity index (χ4v) is 2.69. The topological polar surface area (TPSA) is 46.2 Å². The first kappa shape index (κ1) is 16.0. The minimum Gasteiger partial charge on any atom is -0.211 e. The van der Waals surface area contributed by atoms with E-state index < -0.39 is 32.4 Å². The van der Waals surface area contributed by atoms with Crippen LogP contribution >= 0.6 is 0 Å². The van der Waals surface area contributed by atoms with Crippen LogP contribution in [0.15, 0.2) is 17.0 Å². The Morgan fingerprint density at radius 2 is 1.74 bits per heavy atom. The number of hydrogen-bond donors (Lipinski definition) is 1. The van der Waals surface area contributed by atoms with Crippen molar-refractivity contribution in [3.63, 3.8) is 0 Å². The molecule has 0 fully saturated rings. The molecule has 7 heteroatoms. The maximum Gasteiger partial charge on any atom is 0.243 e. The summed E-state index contributed by atoms with van der Waals surface area (Å²) in [6.45, 7) is 2.15. The molecule has 0 radical (unpaired) electrons. The van der Waals surface area contributed by atoms with Gasteiger partial charge in [0, 0.05) is 6.54 Å². The molecule has 0 bridgehead atoms. The summed E-state index contributed by atoms with van der Waals surface area (Å²) in [6, 6.07) is 1.30. The van der Waals surface area contributed by atoms with Crippen LogP contribution in [0, 0.1) is 17.5 Å². The Morgan fingerprint density at radius 1 is 1.05 bits per heavy atom. The Bertz CT molecular complexity index is 532. The van der Waals surface area contributed by atoms with Gasteiger partial charge in [0.15, 0.2) is 17.5 Å². The highest BCUT2D eigenvalue weighted by molar-refractivity contribution is 7.89. The van der Waals surface area contributed by atoms with E-state index in [1.54, 1.807) is 0 Å². The van der Waals surface area contributed by atoms with E-state index in [-0.39, 0.29) is 6.54 Å². The van der Waals surface area contributed by atoms with Crippen LogP contribution in [0.4, 0.5) is 13.2 Å². The van der Waals surface area contributed by atoms with Gasteiger partial charge < -0.3 is 0 Å². The molecule has 0 aliphatic rings. The zero-order valence-corrected chi connectivity index (χ0v) is 11.4. The predicted molar refractivity (Wildman–Crippen MR) is 65.6 cm³/mol. The Kier molecular flexibility index (Phi) is 5.81. The Balaban J connectivity index is 2.75. The monoisotopic (exact) mass is 295 g/mol. The lowest BCUT2D eigenvalue weighted by molar-refractivity contribution is 0.431. The van der Waals surface area contributed by atoms with Gasteiger partial charge in [0.05, 0.1) is 0 Å². The SMILES string of the molecule is CCCCCCNS(=O)(=O)c1ccc(F)c(F)c1F. The first-order valence-corrected chi connectivity index (χ1v) is 7.51. The molecule has 19 heavy (non-hydrogen) atoms. The van der Waals surface area contributed by atoms with E-state index in [0.717, 1.165) is 19.3 Å². The normalized spacial score (nSPS) is 11.8. The molecule has 1 aromatic carbocycles. The third-order valence-electron chi connectivity index (χ3n) is 2.61. The van der Waals surface area contributed by atoms with Gasteiger partial charge in [0.25, 0.3) is 0 Å². The van der Waals surface area contributed by atoms with Crippen LogP contribution in [0.25, 0.3) is 0 Å². The van der Waals surface area contributed by atoms with Crippen LogP contribution in [-0.2, 0) is 10.0 Å². The molecular weight excluding hydrogens is 279 g/mol. The molecular formula is C12H16F3NO2S. The van der Waals surface area contributed by atoms with Crippen LogP contribution in [0.3, 0.4) is 0 Å². The summed E-state index contributed by atoms with van der Waals surface area (Å²) in [7, 11) is -4.15. The second-order valence-electron chi connectivity index (χ2n) is 4.13. The molecule has 1 rings (SSSR count). The first-order valence-electron chi connectivity index (χ1n) is 6.03. The van der Waals surface area contributed by atoms with Crippen LogP contribution in [0.1, 0.15) is 32.6 Å².